The highest BCUT2D eigenvalue weighted by atomic mass is 31.2. The van der Waals surface area contributed by atoms with Crippen molar-refractivity contribution in [1.82, 2.24) is 0 Å². The zero-order valence-corrected chi connectivity index (χ0v) is 38.9. The van der Waals surface area contributed by atoms with E-state index >= 15 is 0 Å². The number of esters is 2. The smallest absolute Gasteiger partial charge is 0.462 e. The maximum Gasteiger partial charge on any atom is 0.472 e. The molecule has 1 aliphatic heterocycles. The van der Waals surface area contributed by atoms with Crippen molar-refractivity contribution in [2.75, 3.05) is 13.2 Å². The van der Waals surface area contributed by atoms with Crippen molar-refractivity contribution in [2.45, 2.75) is 204 Å². The second kappa shape index (κ2) is 33.0. The molecular weight excluding hydrogens is 851 g/mol. The van der Waals surface area contributed by atoms with Crippen LogP contribution in [0.25, 0.3) is 0 Å². The molecule has 0 amide bonds. The van der Waals surface area contributed by atoms with Gasteiger partial charge in [-0.3, -0.25) is 23.4 Å². The van der Waals surface area contributed by atoms with Gasteiger partial charge in [-0.25, -0.2) is 4.57 Å². The molecule has 2 rings (SSSR count). The van der Waals surface area contributed by atoms with Gasteiger partial charge in [0.2, 0.25) is 0 Å². The number of aliphatic hydroxyl groups is 7. The minimum Gasteiger partial charge on any atom is -0.462 e. The Kier molecular flexibility index (Phi) is 29.6. The van der Waals surface area contributed by atoms with Crippen LogP contribution < -0.4 is 0 Å². The highest BCUT2D eigenvalue weighted by Gasteiger charge is 2.49. The van der Waals surface area contributed by atoms with E-state index in [0.29, 0.717) is 44.9 Å². The van der Waals surface area contributed by atoms with Gasteiger partial charge in [0, 0.05) is 31.1 Å². The van der Waals surface area contributed by atoms with E-state index in [-0.39, 0.29) is 19.3 Å². The lowest BCUT2D eigenvalue weighted by Gasteiger charge is -2.36. The van der Waals surface area contributed by atoms with Gasteiger partial charge in [-0.05, 0) is 64.2 Å². The summed E-state index contributed by atoms with van der Waals surface area (Å²) in [7, 11) is -5.45. The zero-order chi connectivity index (χ0) is 47.3. The first-order valence-electron chi connectivity index (χ1n) is 23.5. The number of ketones is 1. The SMILES string of the molecule is CCCCC/C=C\C/C=C\C/C=C\CCCCC(=O)OC[C@@H]1COP(=O)(O)O[C@H]2[C@H](O)[C@@H](O)[C@H](O)[C@@H](CCCCCCC(=O)O1)C(=O)C[C@@H](O)[C@H](C=C[C@@H](O)CCCCC)[C@@H](O)[C@H]2O. The largest absolute Gasteiger partial charge is 0.472 e. The molecule has 16 nitrogen and oxygen atoms in total. The number of unbranched alkanes of at least 4 members (excludes halogenated alkanes) is 7. The Morgan fingerprint density at radius 2 is 1.39 bits per heavy atom. The summed E-state index contributed by atoms with van der Waals surface area (Å²) in [4.78, 5) is 50.0. The Bertz CT molecular complexity index is 1480. The molecule has 0 radical (unpaired) electrons. The van der Waals surface area contributed by atoms with Crippen LogP contribution in [-0.2, 0) is 37.5 Å². The Hall–Kier alpha value is -2.60. The monoisotopic (exact) mass is 931 g/mol. The molecule has 0 spiro atoms. The summed E-state index contributed by atoms with van der Waals surface area (Å²) in [6.45, 7) is 2.76. The van der Waals surface area contributed by atoms with Crippen LogP contribution in [0, 0.1) is 11.8 Å². The van der Waals surface area contributed by atoms with Gasteiger partial charge in [-0.2, -0.15) is 0 Å². The van der Waals surface area contributed by atoms with Gasteiger partial charge < -0.3 is 50.1 Å². The predicted octanol–water partition coefficient (Wildman–Crippen LogP) is 5.76. The van der Waals surface area contributed by atoms with Gasteiger partial charge in [0.05, 0.1) is 31.0 Å². The molecule has 0 aromatic rings. The Labute approximate surface area is 380 Å². The van der Waals surface area contributed by atoms with E-state index in [0.717, 1.165) is 44.9 Å². The van der Waals surface area contributed by atoms with Crippen LogP contribution in [0.15, 0.2) is 48.6 Å². The van der Waals surface area contributed by atoms with Crippen molar-refractivity contribution < 1.29 is 78.1 Å². The quantitative estimate of drug-likeness (QED) is 0.0295. The van der Waals surface area contributed by atoms with Crippen LogP contribution in [0.1, 0.15) is 149 Å². The number of fused-ring (bicyclic) bond motifs is 4. The third-order valence-electron chi connectivity index (χ3n) is 11.5. The highest BCUT2D eigenvalue weighted by molar-refractivity contribution is 7.47. The first-order chi connectivity index (χ1) is 30.6. The minimum atomic E-state index is -5.45. The molecule has 2 bridgehead atoms. The molecule has 1 aliphatic carbocycles. The lowest BCUT2D eigenvalue weighted by Crippen LogP contribution is -2.55. The lowest BCUT2D eigenvalue weighted by molar-refractivity contribution is -0.166. The fourth-order valence-corrected chi connectivity index (χ4v) is 8.59. The molecule has 17 heteroatoms. The number of rotatable bonds is 21. The van der Waals surface area contributed by atoms with Crippen LogP contribution in [0.4, 0.5) is 0 Å². The maximum atomic E-state index is 13.6. The zero-order valence-electron chi connectivity index (χ0n) is 38.0. The molecule has 1 heterocycles. The molecule has 64 heavy (non-hydrogen) atoms. The van der Waals surface area contributed by atoms with Gasteiger partial charge in [-0.15, -0.1) is 0 Å². The Morgan fingerprint density at radius 1 is 0.781 bits per heavy atom. The third-order valence-corrected chi connectivity index (χ3v) is 12.5. The maximum absolute atomic E-state index is 13.6. The van der Waals surface area contributed by atoms with Gasteiger partial charge in [0.15, 0.2) is 6.10 Å². The summed E-state index contributed by atoms with van der Waals surface area (Å²) in [6, 6.07) is 0. The van der Waals surface area contributed by atoms with Gasteiger partial charge in [0.25, 0.3) is 0 Å². The average Bonchev–Trinajstić information content (AvgIpc) is 3.26. The summed E-state index contributed by atoms with van der Waals surface area (Å²) in [5.74, 6) is -4.92. The number of carbonyl (C=O) groups is 3. The van der Waals surface area contributed by atoms with E-state index in [9.17, 15) is 59.6 Å². The van der Waals surface area contributed by atoms with Crippen molar-refractivity contribution in [3.05, 3.63) is 48.6 Å². The van der Waals surface area contributed by atoms with Crippen LogP contribution in [-0.4, -0.2) is 127 Å². The summed E-state index contributed by atoms with van der Waals surface area (Å²) < 4.78 is 34.6. The Balaban J connectivity index is 2.18. The molecule has 2 fully saturated rings. The van der Waals surface area contributed by atoms with E-state index in [2.05, 4.69) is 37.3 Å². The van der Waals surface area contributed by atoms with Crippen LogP contribution >= 0.6 is 7.82 Å². The molecule has 1 saturated carbocycles. The first-order valence-corrected chi connectivity index (χ1v) is 25.0. The number of phosphoric acid groups is 1. The lowest BCUT2D eigenvalue weighted by atomic mass is 9.83. The number of hydrogen-bond acceptors (Lipinski definition) is 15. The van der Waals surface area contributed by atoms with Crippen molar-refractivity contribution >= 4 is 25.5 Å². The summed E-state index contributed by atoms with van der Waals surface area (Å²) in [5.41, 5.74) is 0. The highest BCUT2D eigenvalue weighted by Crippen LogP contribution is 2.47. The number of aliphatic hydroxyl groups excluding tert-OH is 7. The number of carbonyl (C=O) groups excluding carboxylic acids is 3. The van der Waals surface area contributed by atoms with Crippen molar-refractivity contribution in [3.63, 3.8) is 0 Å². The topological polar surface area (TPSA) is 267 Å². The van der Waals surface area contributed by atoms with Gasteiger partial charge in [0.1, 0.15) is 36.8 Å². The number of phosphoric ester groups is 1. The molecular formula is C47H79O16P. The normalized spacial score (nSPS) is 31.7. The van der Waals surface area contributed by atoms with Crippen LogP contribution in [0.5, 0.6) is 0 Å². The first kappa shape index (κ1) is 57.5. The molecule has 0 aromatic heterocycles. The second-order valence-corrected chi connectivity index (χ2v) is 18.4. The van der Waals surface area contributed by atoms with Crippen molar-refractivity contribution in [2.24, 2.45) is 11.8 Å². The number of cyclic esters (lactones) is 1. The van der Waals surface area contributed by atoms with E-state index in [4.69, 9.17) is 18.5 Å². The van der Waals surface area contributed by atoms with Crippen LogP contribution in [0.3, 0.4) is 0 Å². The summed E-state index contributed by atoms with van der Waals surface area (Å²) in [6.07, 6.45) is 9.59. The van der Waals surface area contributed by atoms with E-state index in [1.165, 1.54) is 31.4 Å². The van der Waals surface area contributed by atoms with Crippen LogP contribution in [0.2, 0.25) is 0 Å². The molecule has 8 N–H and O–H groups in total. The molecule has 2 aliphatic rings. The fourth-order valence-electron chi connectivity index (χ4n) is 7.61. The van der Waals surface area contributed by atoms with E-state index in [1.54, 1.807) is 0 Å². The van der Waals surface area contributed by atoms with Crippen molar-refractivity contribution in [3.8, 4) is 0 Å². The summed E-state index contributed by atoms with van der Waals surface area (Å²) >= 11 is 0. The number of ether oxygens (including phenoxy) is 2. The molecule has 1 unspecified atom stereocenters. The van der Waals surface area contributed by atoms with Gasteiger partial charge >= 0.3 is 19.8 Å². The molecule has 12 atom stereocenters. The molecule has 368 valence electrons. The van der Waals surface area contributed by atoms with Gasteiger partial charge in [-0.1, -0.05) is 114 Å². The number of allylic oxidation sites excluding steroid dienone is 6. The third kappa shape index (κ3) is 23.2. The second-order valence-electron chi connectivity index (χ2n) is 17.0. The average molecular weight is 931 g/mol. The molecule has 1 saturated heterocycles. The minimum absolute atomic E-state index is 0.0326. The fraction of sp³-hybridized carbons (Fsp3) is 0.766. The van der Waals surface area contributed by atoms with E-state index < -0.39 is 112 Å². The summed E-state index contributed by atoms with van der Waals surface area (Å²) in [5, 5.41) is 78.5. The molecule has 0 aromatic carbocycles. The van der Waals surface area contributed by atoms with E-state index in [1.807, 2.05) is 13.0 Å². The standard InChI is InChI=1S/C47H79O16P/c1-3-5-7-8-9-10-11-12-13-14-15-16-17-18-23-27-40(51)60-32-35-33-61-64(58,59)63-47-45(56)43(54)37(30-29-34(48)25-21-6-4-2)39(50)31-38(49)36(42(53)44(55)46(47)57)26-22-19-20-24-28-41(52)62-35/h9-10,12-13,15-16,29-30,34-37,39,42-48,50,53-57H,3-8,11,14,17-28,31-33H2,1-2H3,(H,58,59)/b10-9-,13-12-,16-15-,30-29?/t34-,35+,36-,37-,39+,42+,43+,44-,45+,46+,47+/m0/s1. The van der Waals surface area contributed by atoms with Crippen molar-refractivity contribution in [1.29, 1.82) is 0 Å². The number of Topliss-reactive ketones (excluding diaryl/α,β-unsaturated/α-hetero) is 1. The number of hydrogen-bond donors (Lipinski definition) is 8. The predicted molar refractivity (Wildman–Crippen MR) is 240 cm³/mol. The Morgan fingerprint density at radius 3 is 2.06 bits per heavy atom.